The third-order valence-electron chi connectivity index (χ3n) is 4.44. The summed E-state index contributed by atoms with van der Waals surface area (Å²) in [5.74, 6) is 1.19. The lowest BCUT2D eigenvalue weighted by molar-refractivity contribution is -0.119. The van der Waals surface area contributed by atoms with Gasteiger partial charge in [0.15, 0.2) is 0 Å². The normalized spacial score (nSPS) is 24.6. The molecule has 1 heterocycles. The number of rotatable bonds is 3. The second-order valence-corrected chi connectivity index (χ2v) is 6.53. The van der Waals surface area contributed by atoms with Crippen molar-refractivity contribution in [2.75, 3.05) is 32.7 Å². The van der Waals surface area contributed by atoms with E-state index in [4.69, 9.17) is 0 Å². The molecule has 0 aromatic rings. The summed E-state index contributed by atoms with van der Waals surface area (Å²) in [4.78, 5) is 13.2. The Balaban J connectivity index is 0.000000147. The Hall–Kier alpha value is -0.610. The van der Waals surface area contributed by atoms with Gasteiger partial charge in [0.05, 0.1) is 0 Å². The molecule has 1 amide bonds. The maximum absolute atomic E-state index is 10.6. The number of hydrogen-bond acceptors (Lipinski definition) is 3. The lowest BCUT2D eigenvalue weighted by Gasteiger charge is -2.26. The lowest BCUT2D eigenvalue weighted by Crippen LogP contribution is -2.44. The van der Waals surface area contributed by atoms with Gasteiger partial charge in [0.1, 0.15) is 0 Å². The number of nitrogens with one attached hydrogen (secondary N) is 2. The first-order chi connectivity index (χ1) is 9.74. The van der Waals surface area contributed by atoms with Gasteiger partial charge in [-0.2, -0.15) is 0 Å². The van der Waals surface area contributed by atoms with Crippen LogP contribution in [-0.4, -0.2) is 49.6 Å². The third kappa shape index (κ3) is 6.71. The molecule has 0 atom stereocenters. The van der Waals surface area contributed by atoms with Gasteiger partial charge in [-0.3, -0.25) is 4.79 Å². The van der Waals surface area contributed by atoms with Crippen LogP contribution < -0.4 is 10.6 Å². The summed E-state index contributed by atoms with van der Waals surface area (Å²) in [7, 11) is 0. The van der Waals surface area contributed by atoms with Crippen molar-refractivity contribution in [3.05, 3.63) is 0 Å². The molecule has 0 aromatic carbocycles. The molecule has 1 aliphatic heterocycles. The molecule has 0 unspecified atom stereocenters. The van der Waals surface area contributed by atoms with Crippen molar-refractivity contribution >= 4 is 5.91 Å². The van der Waals surface area contributed by atoms with Crippen molar-refractivity contribution < 1.29 is 4.79 Å². The van der Waals surface area contributed by atoms with E-state index < -0.39 is 0 Å². The summed E-state index contributed by atoms with van der Waals surface area (Å²) in [6.07, 6.45) is 9.25. The second-order valence-electron chi connectivity index (χ2n) is 6.53. The molecule has 4 nitrogen and oxygen atoms in total. The van der Waals surface area contributed by atoms with Gasteiger partial charge in [-0.25, -0.2) is 0 Å². The van der Waals surface area contributed by atoms with E-state index in [1.807, 2.05) is 0 Å². The second kappa shape index (κ2) is 8.63. The topological polar surface area (TPSA) is 44.4 Å². The Labute approximate surface area is 123 Å². The maximum Gasteiger partial charge on any atom is 0.217 e. The molecule has 2 aliphatic carbocycles. The highest BCUT2D eigenvalue weighted by molar-refractivity contribution is 5.73. The Morgan fingerprint density at radius 1 is 1.10 bits per heavy atom. The number of carbonyl (C=O) groups excluding carboxylic acids is 1. The molecular formula is C16H31N3O. The van der Waals surface area contributed by atoms with E-state index >= 15 is 0 Å². The molecule has 2 N–H and O–H groups in total. The summed E-state index contributed by atoms with van der Waals surface area (Å²) in [6.45, 7) is 7.92. The molecule has 3 aliphatic rings. The molecule has 1 saturated heterocycles. The monoisotopic (exact) mass is 281 g/mol. The van der Waals surface area contributed by atoms with Crippen LogP contribution in [0, 0.1) is 5.92 Å². The zero-order chi connectivity index (χ0) is 14.2. The zero-order valence-corrected chi connectivity index (χ0v) is 13.0. The first kappa shape index (κ1) is 15.8. The van der Waals surface area contributed by atoms with Gasteiger partial charge in [0, 0.05) is 45.7 Å². The largest absolute Gasteiger partial charge is 0.354 e. The summed E-state index contributed by atoms with van der Waals surface area (Å²) in [5.41, 5.74) is 0. The molecule has 116 valence electrons. The quantitative estimate of drug-likeness (QED) is 0.828. The van der Waals surface area contributed by atoms with Crippen LogP contribution in [0.1, 0.15) is 51.9 Å². The van der Waals surface area contributed by atoms with Gasteiger partial charge >= 0.3 is 0 Å². The number of piperazine rings is 1. The van der Waals surface area contributed by atoms with Crippen molar-refractivity contribution in [3.63, 3.8) is 0 Å². The van der Waals surface area contributed by atoms with Crippen LogP contribution in [0.15, 0.2) is 0 Å². The Morgan fingerprint density at radius 3 is 2.30 bits per heavy atom. The molecule has 20 heavy (non-hydrogen) atoms. The average Bonchev–Trinajstić information content (AvgIpc) is 3.25. The van der Waals surface area contributed by atoms with Gasteiger partial charge in [-0.15, -0.1) is 0 Å². The molecule has 0 aromatic heterocycles. The third-order valence-corrected chi connectivity index (χ3v) is 4.44. The predicted octanol–water partition coefficient (Wildman–Crippen LogP) is 1.76. The molecule has 4 heteroatoms. The summed E-state index contributed by atoms with van der Waals surface area (Å²) in [5, 5.41) is 6.31. The van der Waals surface area contributed by atoms with E-state index in [-0.39, 0.29) is 5.91 Å². The number of nitrogens with zero attached hydrogens (tertiary/aromatic N) is 1. The number of carbonyl (C=O) groups is 1. The fraction of sp³-hybridized carbons (Fsp3) is 0.938. The highest BCUT2D eigenvalue weighted by atomic mass is 16.1. The van der Waals surface area contributed by atoms with Crippen molar-refractivity contribution in [1.82, 2.24) is 15.5 Å². The minimum atomic E-state index is 0.118. The smallest absolute Gasteiger partial charge is 0.217 e. The van der Waals surface area contributed by atoms with Gasteiger partial charge in [-0.1, -0.05) is 19.3 Å². The average molecular weight is 281 g/mol. The summed E-state index contributed by atoms with van der Waals surface area (Å²) >= 11 is 0. The van der Waals surface area contributed by atoms with Crippen molar-refractivity contribution in [2.45, 2.75) is 57.9 Å². The van der Waals surface area contributed by atoms with Crippen molar-refractivity contribution in [3.8, 4) is 0 Å². The molecular weight excluding hydrogens is 250 g/mol. The highest BCUT2D eigenvalue weighted by Gasteiger charge is 2.24. The van der Waals surface area contributed by atoms with Gasteiger partial charge in [-0.05, 0) is 31.6 Å². The first-order valence-electron chi connectivity index (χ1n) is 8.44. The Kier molecular flexibility index (Phi) is 6.80. The maximum atomic E-state index is 10.6. The van der Waals surface area contributed by atoms with Crippen LogP contribution in [0.3, 0.4) is 0 Å². The van der Waals surface area contributed by atoms with E-state index in [1.54, 1.807) is 6.92 Å². The summed E-state index contributed by atoms with van der Waals surface area (Å²) < 4.78 is 0. The molecule has 2 saturated carbocycles. The van der Waals surface area contributed by atoms with E-state index in [0.717, 1.165) is 5.92 Å². The Bertz CT molecular complexity index is 279. The van der Waals surface area contributed by atoms with Crippen LogP contribution >= 0.6 is 0 Å². The van der Waals surface area contributed by atoms with Crippen LogP contribution in [0.5, 0.6) is 0 Å². The number of hydrogen-bond donors (Lipinski definition) is 2. The van der Waals surface area contributed by atoms with Gasteiger partial charge in [0.25, 0.3) is 0 Å². The summed E-state index contributed by atoms with van der Waals surface area (Å²) in [6, 6.07) is 0.478. The lowest BCUT2D eigenvalue weighted by atomic mass is 9.95. The van der Waals surface area contributed by atoms with Gasteiger partial charge in [0.2, 0.25) is 5.91 Å². The van der Waals surface area contributed by atoms with E-state index in [2.05, 4.69) is 15.5 Å². The van der Waals surface area contributed by atoms with Crippen molar-refractivity contribution in [2.24, 2.45) is 5.92 Å². The fourth-order valence-corrected chi connectivity index (χ4v) is 3.09. The molecule has 0 bridgehead atoms. The van der Waals surface area contributed by atoms with E-state index in [9.17, 15) is 4.79 Å². The zero-order valence-electron chi connectivity index (χ0n) is 13.0. The molecule has 3 fully saturated rings. The standard InChI is InChI=1S/C8H16N2.C8H15NO/c1-2-8(1)7-10-5-3-9-4-6-10;1-7(10)9-8-5-3-2-4-6-8/h8-9H,1-7H2;8H,2-6H2,1H3,(H,9,10). The fourth-order valence-electron chi connectivity index (χ4n) is 3.09. The van der Waals surface area contributed by atoms with Crippen LogP contribution in [0.25, 0.3) is 0 Å². The van der Waals surface area contributed by atoms with E-state index in [1.165, 1.54) is 77.7 Å². The van der Waals surface area contributed by atoms with Gasteiger partial charge < -0.3 is 15.5 Å². The minimum absolute atomic E-state index is 0.118. The highest BCUT2D eigenvalue weighted by Crippen LogP contribution is 2.29. The van der Waals surface area contributed by atoms with Crippen LogP contribution in [0.4, 0.5) is 0 Å². The van der Waals surface area contributed by atoms with Crippen LogP contribution in [0.2, 0.25) is 0 Å². The van der Waals surface area contributed by atoms with Crippen LogP contribution in [-0.2, 0) is 4.79 Å². The molecule has 0 radical (unpaired) electrons. The molecule has 0 spiro atoms. The predicted molar refractivity (Wildman–Crippen MR) is 82.7 cm³/mol. The first-order valence-corrected chi connectivity index (χ1v) is 8.44. The number of amides is 1. The SMILES string of the molecule is C1CN(CC2CC2)CCN1.CC(=O)NC1CCCCC1. The van der Waals surface area contributed by atoms with Crippen molar-refractivity contribution in [1.29, 1.82) is 0 Å². The Morgan fingerprint density at radius 2 is 1.75 bits per heavy atom. The van der Waals surface area contributed by atoms with E-state index in [0.29, 0.717) is 6.04 Å². The minimum Gasteiger partial charge on any atom is -0.354 e. The molecule has 3 rings (SSSR count).